The van der Waals surface area contributed by atoms with E-state index in [4.69, 9.17) is 8.83 Å². The Kier molecular flexibility index (Phi) is 11.5. The molecule has 0 unspecified atom stereocenters. The maximum absolute atomic E-state index is 15.0. The minimum Gasteiger partial charge on any atom is -0.453 e. The molecule has 5 nitrogen and oxygen atoms in total. The summed E-state index contributed by atoms with van der Waals surface area (Å²) in [6.07, 6.45) is -9.37. The lowest BCUT2D eigenvalue weighted by Crippen LogP contribution is -2.36. The first-order valence-electron chi connectivity index (χ1n) is 29.7. The van der Waals surface area contributed by atoms with Crippen LogP contribution in [0.1, 0.15) is 44.5 Å². The molecule has 13 aromatic carbocycles. The van der Waals surface area contributed by atoms with Crippen LogP contribution < -0.4 is 14.7 Å². The normalized spacial score (nSPS) is 13.4. The molecular formula is C79H49F6N3O2. The monoisotopic (exact) mass is 1190 g/mol. The van der Waals surface area contributed by atoms with Gasteiger partial charge in [0.25, 0.3) is 0 Å². The zero-order valence-corrected chi connectivity index (χ0v) is 48.3. The molecule has 3 heterocycles. The number of benzene rings is 13. The van der Waals surface area contributed by atoms with E-state index in [1.807, 2.05) is 129 Å². The topological polar surface area (TPSA) is 36.0 Å². The first-order valence-corrected chi connectivity index (χ1v) is 29.7. The van der Waals surface area contributed by atoms with Gasteiger partial charge in [-0.3, -0.25) is 0 Å². The van der Waals surface area contributed by atoms with E-state index in [2.05, 4.69) is 124 Å². The Labute approximate surface area is 512 Å². The van der Waals surface area contributed by atoms with Crippen molar-refractivity contribution in [3.63, 3.8) is 0 Å². The summed E-state index contributed by atoms with van der Waals surface area (Å²) in [6, 6.07) is 84.5. The summed E-state index contributed by atoms with van der Waals surface area (Å²) in [6.45, 7) is 4.08. The molecule has 0 fully saturated rings. The number of fused-ring (bicyclic) bond motifs is 19. The number of hydrogen-bond donors (Lipinski definition) is 0. The third kappa shape index (κ3) is 7.52. The molecule has 1 aliphatic carbocycles. The van der Waals surface area contributed by atoms with E-state index < -0.39 is 28.9 Å². The molecule has 2 aromatic heterocycles. The minimum absolute atomic E-state index is 0.242. The number of hydrogen-bond acceptors (Lipinski definition) is 5. The molecule has 0 amide bonds. The van der Waals surface area contributed by atoms with Gasteiger partial charge >= 0.3 is 12.4 Å². The third-order valence-electron chi connectivity index (χ3n) is 18.5. The Morgan fingerprint density at radius 1 is 0.311 bits per heavy atom. The molecule has 0 bridgehead atoms. The van der Waals surface area contributed by atoms with E-state index in [1.54, 1.807) is 12.1 Å². The van der Waals surface area contributed by atoms with Crippen LogP contribution in [-0.4, -0.2) is 0 Å². The number of para-hydroxylation sites is 9. The van der Waals surface area contributed by atoms with Crippen LogP contribution in [0.3, 0.4) is 0 Å². The second-order valence-corrected chi connectivity index (χ2v) is 23.3. The lowest BCUT2D eigenvalue weighted by atomic mass is 9.64. The van der Waals surface area contributed by atoms with Gasteiger partial charge in [0.1, 0.15) is 11.2 Å². The Balaban J connectivity index is 1.04. The Morgan fingerprint density at radius 2 is 0.656 bits per heavy atom. The fourth-order valence-corrected chi connectivity index (χ4v) is 14.9. The van der Waals surface area contributed by atoms with Crippen molar-refractivity contribution < 1.29 is 35.2 Å². The van der Waals surface area contributed by atoms with Crippen molar-refractivity contribution in [1.82, 2.24) is 0 Å². The first-order chi connectivity index (χ1) is 43.8. The summed E-state index contributed by atoms with van der Waals surface area (Å²) < 4.78 is 103. The largest absolute Gasteiger partial charge is 0.453 e. The lowest BCUT2D eigenvalue weighted by Gasteiger charge is -2.45. The Hall–Kier alpha value is -11.0. The van der Waals surface area contributed by atoms with Gasteiger partial charge in [0.2, 0.25) is 0 Å². The van der Waals surface area contributed by atoms with Crippen molar-refractivity contribution in [2.24, 2.45) is 0 Å². The second-order valence-electron chi connectivity index (χ2n) is 23.3. The molecule has 0 N–H and O–H groups in total. The molecule has 1 aliphatic heterocycles. The maximum atomic E-state index is 15.0. The molecule has 15 aromatic rings. The highest BCUT2D eigenvalue weighted by Gasteiger charge is 2.54. The van der Waals surface area contributed by atoms with Crippen molar-refractivity contribution in [1.29, 1.82) is 0 Å². The Morgan fingerprint density at radius 3 is 1.09 bits per heavy atom. The fourth-order valence-electron chi connectivity index (χ4n) is 14.9. The van der Waals surface area contributed by atoms with Crippen molar-refractivity contribution in [2.75, 3.05) is 14.7 Å². The highest BCUT2D eigenvalue weighted by molar-refractivity contribution is 6.21. The van der Waals surface area contributed by atoms with Gasteiger partial charge in [-0.05, 0) is 142 Å². The molecule has 17 rings (SSSR count). The predicted molar refractivity (Wildman–Crippen MR) is 350 cm³/mol. The molecule has 2 aliphatic rings. The summed E-state index contributed by atoms with van der Waals surface area (Å²) in [5.41, 5.74) is 12.0. The highest BCUT2D eigenvalue weighted by Crippen LogP contribution is 2.68. The van der Waals surface area contributed by atoms with Crippen molar-refractivity contribution in [2.45, 2.75) is 31.6 Å². The van der Waals surface area contributed by atoms with Crippen LogP contribution >= 0.6 is 0 Å². The van der Waals surface area contributed by atoms with Crippen LogP contribution in [-0.2, 0) is 17.8 Å². The van der Waals surface area contributed by atoms with Gasteiger partial charge in [-0.1, -0.05) is 188 Å². The number of anilines is 9. The zero-order valence-electron chi connectivity index (χ0n) is 48.3. The maximum Gasteiger partial charge on any atom is 0.420 e. The van der Waals surface area contributed by atoms with E-state index in [0.29, 0.717) is 44.1 Å². The number of rotatable bonds is 7. The van der Waals surface area contributed by atoms with Crippen LogP contribution in [0.4, 0.5) is 77.5 Å². The van der Waals surface area contributed by atoms with Crippen LogP contribution in [0, 0.1) is 13.8 Å². The fraction of sp³-hybridized carbons (Fsp3) is 0.0633. The SMILES string of the molecule is Cc1ccccc1N(c1cc2c(c3ccccc13)-c1c(cc(N(c3ccccc3C)c3cccc4c3oc3c(C(F)(F)F)cccc34)c3ccccc13)C21c2ccccc2N(c2ccccc2)c2ccccc21)c1cccc2c1oc1c(C(F)(F)F)cccc12. The minimum atomic E-state index is -4.69. The standard InChI is InChI=1S/C79H49F6N3O2/c1-46-22-6-14-38-63(46)87(67-42-20-32-55-53-30-18-36-59(78(80,81)82)73(53)89-75(55)67)69-44-61-71(51-28-10-8-26-49(51)69)72-52-29-11-9-27-50(52)70(45-62(72)77(61)57-34-12-16-40-65(57)86(48-24-4-3-5-25-48)66-41-17-13-35-58(66)77)88(64-39-15-7-23-47(64)2)68-43-21-33-56-54-31-19-37-60(79(83,84)85)74(54)90-76(56)68/h3-45H,1-2H3. The predicted octanol–water partition coefficient (Wildman–Crippen LogP) is 23.5. The average Bonchev–Trinajstić information content (AvgIpc) is 1.46. The molecule has 0 saturated carbocycles. The molecular weight excluding hydrogens is 1140 g/mol. The summed E-state index contributed by atoms with van der Waals surface area (Å²) in [5, 5.41) is 5.38. The van der Waals surface area contributed by atoms with Crippen LogP contribution in [0.5, 0.6) is 0 Å². The number of halogens is 6. The van der Waals surface area contributed by atoms with Gasteiger partial charge in [0, 0.05) is 49.4 Å². The van der Waals surface area contributed by atoms with E-state index in [0.717, 1.165) is 118 Å². The summed E-state index contributed by atoms with van der Waals surface area (Å²) >= 11 is 0. The molecule has 11 heteroatoms. The van der Waals surface area contributed by atoms with Gasteiger partial charge in [-0.2, -0.15) is 26.3 Å². The van der Waals surface area contributed by atoms with Gasteiger partial charge in [0.15, 0.2) is 11.2 Å². The van der Waals surface area contributed by atoms with Gasteiger partial charge in [-0.15, -0.1) is 0 Å². The summed E-state index contributed by atoms with van der Waals surface area (Å²) in [4.78, 5) is 6.64. The lowest BCUT2D eigenvalue weighted by molar-refractivity contribution is -0.137. The third-order valence-corrected chi connectivity index (χ3v) is 18.5. The number of alkyl halides is 6. The van der Waals surface area contributed by atoms with E-state index in [-0.39, 0.29) is 11.2 Å². The van der Waals surface area contributed by atoms with Crippen molar-refractivity contribution >= 4 is 117 Å². The van der Waals surface area contributed by atoms with Gasteiger partial charge in [0.05, 0.1) is 50.7 Å². The van der Waals surface area contributed by atoms with Crippen LogP contribution in [0.15, 0.2) is 270 Å². The molecule has 1 spiro atoms. The molecule has 434 valence electrons. The van der Waals surface area contributed by atoms with E-state index >= 15 is 26.3 Å². The summed E-state index contributed by atoms with van der Waals surface area (Å²) in [7, 11) is 0. The Bertz CT molecular complexity index is 5170. The number of furan rings is 2. The van der Waals surface area contributed by atoms with Gasteiger partial charge < -0.3 is 23.5 Å². The smallest absolute Gasteiger partial charge is 0.420 e. The van der Waals surface area contributed by atoms with Crippen LogP contribution in [0.2, 0.25) is 0 Å². The first kappa shape index (κ1) is 53.2. The zero-order chi connectivity index (χ0) is 60.9. The number of nitrogens with zero attached hydrogens (tertiary/aromatic N) is 3. The molecule has 0 saturated heterocycles. The summed E-state index contributed by atoms with van der Waals surface area (Å²) in [5.74, 6) is 0. The molecule has 0 atom stereocenters. The van der Waals surface area contributed by atoms with Crippen LogP contribution in [0.25, 0.3) is 76.5 Å². The molecule has 0 radical (unpaired) electrons. The van der Waals surface area contributed by atoms with E-state index in [9.17, 15) is 0 Å². The van der Waals surface area contributed by atoms with Gasteiger partial charge in [-0.25, -0.2) is 0 Å². The number of aryl methyl sites for hydroxylation is 2. The highest BCUT2D eigenvalue weighted by atomic mass is 19.4. The molecule has 90 heavy (non-hydrogen) atoms. The van der Waals surface area contributed by atoms with Crippen molar-refractivity contribution in [3.05, 3.63) is 305 Å². The average molecular weight is 1190 g/mol. The quantitative estimate of drug-likeness (QED) is 0.149. The second kappa shape index (κ2) is 19.5. The van der Waals surface area contributed by atoms with E-state index in [1.165, 1.54) is 12.1 Å². The van der Waals surface area contributed by atoms with Crippen molar-refractivity contribution in [3.8, 4) is 11.1 Å².